The zero-order valence-corrected chi connectivity index (χ0v) is 11.0. The number of aliphatic hydroxyl groups excluding tert-OH is 1. The zero-order valence-electron chi connectivity index (χ0n) is 11.0. The lowest BCUT2D eigenvalue weighted by molar-refractivity contribution is 0.139. The highest BCUT2D eigenvalue weighted by atomic mass is 16.5. The summed E-state index contributed by atoms with van der Waals surface area (Å²) in [4.78, 5) is 0. The molecule has 0 radical (unpaired) electrons. The van der Waals surface area contributed by atoms with Gasteiger partial charge in [0, 0.05) is 6.42 Å². The van der Waals surface area contributed by atoms with Crippen LogP contribution in [0.25, 0.3) is 0 Å². The second kappa shape index (κ2) is 4.93. The SMILES string of the molecule is COc1ccccc1CC(O)C1C2CCCCC21. The lowest BCUT2D eigenvalue weighted by Crippen LogP contribution is -2.15. The standard InChI is InChI=1S/C16H22O2/c1-18-15-9-5-2-6-11(15)10-14(17)16-12-7-3-4-8-13(12)16/h2,5-6,9,12-14,16-17H,3-4,7-8,10H2,1H3. The number of para-hydroxylation sites is 1. The first-order chi connectivity index (χ1) is 8.81. The molecule has 2 aliphatic rings. The normalized spacial score (nSPS) is 31.6. The Kier molecular flexibility index (Phi) is 3.29. The quantitative estimate of drug-likeness (QED) is 0.885. The summed E-state index contributed by atoms with van der Waals surface area (Å²) in [6.07, 6.45) is 5.94. The topological polar surface area (TPSA) is 29.5 Å². The molecule has 2 saturated carbocycles. The Hall–Kier alpha value is -1.02. The maximum Gasteiger partial charge on any atom is 0.122 e. The molecule has 1 aromatic carbocycles. The number of fused-ring (bicyclic) bond motifs is 1. The molecule has 2 fully saturated rings. The van der Waals surface area contributed by atoms with Gasteiger partial charge in [0.2, 0.25) is 0 Å². The third-order valence-electron chi connectivity index (χ3n) is 4.79. The van der Waals surface area contributed by atoms with E-state index in [0.717, 1.165) is 29.6 Å². The summed E-state index contributed by atoms with van der Waals surface area (Å²) in [5, 5.41) is 10.4. The van der Waals surface area contributed by atoms with Crippen LogP contribution in [0.4, 0.5) is 0 Å². The van der Waals surface area contributed by atoms with Gasteiger partial charge < -0.3 is 9.84 Å². The van der Waals surface area contributed by atoms with Crippen LogP contribution in [-0.4, -0.2) is 18.3 Å². The molecule has 0 saturated heterocycles. The molecule has 0 bridgehead atoms. The van der Waals surface area contributed by atoms with Crippen molar-refractivity contribution >= 4 is 0 Å². The third kappa shape index (κ3) is 2.14. The molecular weight excluding hydrogens is 224 g/mol. The van der Waals surface area contributed by atoms with E-state index in [-0.39, 0.29) is 6.10 Å². The second-order valence-electron chi connectivity index (χ2n) is 5.77. The molecule has 0 aliphatic heterocycles. The lowest BCUT2D eigenvalue weighted by atomic mass is 10.0. The molecule has 0 amide bonds. The van der Waals surface area contributed by atoms with Crippen LogP contribution in [0.2, 0.25) is 0 Å². The van der Waals surface area contributed by atoms with Crippen LogP contribution in [0, 0.1) is 17.8 Å². The van der Waals surface area contributed by atoms with E-state index in [1.165, 1.54) is 25.7 Å². The predicted molar refractivity (Wildman–Crippen MR) is 71.6 cm³/mol. The summed E-state index contributed by atoms with van der Waals surface area (Å²) in [5.41, 5.74) is 1.14. The first-order valence-electron chi connectivity index (χ1n) is 7.11. The molecule has 0 spiro atoms. The van der Waals surface area contributed by atoms with E-state index in [4.69, 9.17) is 4.74 Å². The van der Waals surface area contributed by atoms with Crippen molar-refractivity contribution in [2.45, 2.75) is 38.2 Å². The van der Waals surface area contributed by atoms with Gasteiger partial charge in [0.1, 0.15) is 5.75 Å². The fourth-order valence-corrected chi connectivity index (χ4v) is 3.85. The maximum absolute atomic E-state index is 10.4. The van der Waals surface area contributed by atoms with Crippen LogP contribution in [0.15, 0.2) is 24.3 Å². The third-order valence-corrected chi connectivity index (χ3v) is 4.79. The van der Waals surface area contributed by atoms with Gasteiger partial charge in [-0.2, -0.15) is 0 Å². The van der Waals surface area contributed by atoms with Crippen molar-refractivity contribution in [3.63, 3.8) is 0 Å². The summed E-state index contributed by atoms with van der Waals surface area (Å²) in [7, 11) is 1.70. The molecule has 0 aromatic heterocycles. The minimum absolute atomic E-state index is 0.186. The summed E-state index contributed by atoms with van der Waals surface area (Å²) in [6.45, 7) is 0. The molecule has 1 aromatic rings. The van der Waals surface area contributed by atoms with Gasteiger partial charge >= 0.3 is 0 Å². The fourth-order valence-electron chi connectivity index (χ4n) is 3.85. The number of ether oxygens (including phenoxy) is 1. The van der Waals surface area contributed by atoms with Gasteiger partial charge in [-0.25, -0.2) is 0 Å². The van der Waals surface area contributed by atoms with E-state index in [9.17, 15) is 5.11 Å². The predicted octanol–water partition coefficient (Wildman–Crippen LogP) is 3.03. The number of benzene rings is 1. The van der Waals surface area contributed by atoms with Gasteiger partial charge in [0.15, 0.2) is 0 Å². The number of methoxy groups -OCH3 is 1. The summed E-state index contributed by atoms with van der Waals surface area (Å²) < 4.78 is 5.35. The molecule has 3 atom stereocenters. The molecule has 2 heteroatoms. The summed E-state index contributed by atoms with van der Waals surface area (Å²) in [6, 6.07) is 8.03. The Morgan fingerprint density at radius 1 is 1.22 bits per heavy atom. The van der Waals surface area contributed by atoms with E-state index in [0.29, 0.717) is 5.92 Å². The van der Waals surface area contributed by atoms with Crippen LogP contribution >= 0.6 is 0 Å². The van der Waals surface area contributed by atoms with Gasteiger partial charge in [-0.1, -0.05) is 31.0 Å². The average molecular weight is 246 g/mol. The number of hydrogen-bond donors (Lipinski definition) is 1. The molecule has 2 aliphatic carbocycles. The summed E-state index contributed by atoms with van der Waals surface area (Å²) in [5.74, 6) is 3.07. The molecule has 0 heterocycles. The largest absolute Gasteiger partial charge is 0.496 e. The van der Waals surface area contributed by atoms with Gasteiger partial charge in [-0.3, -0.25) is 0 Å². The number of hydrogen-bond acceptors (Lipinski definition) is 2. The second-order valence-corrected chi connectivity index (χ2v) is 5.77. The number of rotatable bonds is 4. The van der Waals surface area contributed by atoms with Gasteiger partial charge in [0.05, 0.1) is 13.2 Å². The highest BCUT2D eigenvalue weighted by molar-refractivity contribution is 5.34. The number of aliphatic hydroxyl groups is 1. The van der Waals surface area contributed by atoms with Crippen molar-refractivity contribution in [3.8, 4) is 5.75 Å². The van der Waals surface area contributed by atoms with Gasteiger partial charge in [0.25, 0.3) is 0 Å². The van der Waals surface area contributed by atoms with E-state index in [1.807, 2.05) is 18.2 Å². The molecule has 2 nitrogen and oxygen atoms in total. The first kappa shape index (κ1) is 12.0. The Morgan fingerprint density at radius 2 is 1.89 bits per heavy atom. The van der Waals surface area contributed by atoms with Crippen LogP contribution in [0.3, 0.4) is 0 Å². The van der Waals surface area contributed by atoms with Crippen LogP contribution in [-0.2, 0) is 6.42 Å². The van der Waals surface area contributed by atoms with Crippen molar-refractivity contribution in [2.75, 3.05) is 7.11 Å². The molecular formula is C16H22O2. The van der Waals surface area contributed by atoms with Crippen molar-refractivity contribution in [1.82, 2.24) is 0 Å². The monoisotopic (exact) mass is 246 g/mol. The molecule has 3 unspecified atom stereocenters. The lowest BCUT2D eigenvalue weighted by Gasteiger charge is -2.13. The zero-order chi connectivity index (χ0) is 12.5. The highest BCUT2D eigenvalue weighted by Crippen LogP contribution is 2.57. The molecule has 3 rings (SSSR count). The smallest absolute Gasteiger partial charge is 0.122 e. The molecule has 1 N–H and O–H groups in total. The Balaban J connectivity index is 1.66. The van der Waals surface area contributed by atoms with E-state index >= 15 is 0 Å². The Morgan fingerprint density at radius 3 is 2.56 bits per heavy atom. The average Bonchev–Trinajstić information content (AvgIpc) is 3.13. The van der Waals surface area contributed by atoms with Crippen molar-refractivity contribution < 1.29 is 9.84 Å². The molecule has 18 heavy (non-hydrogen) atoms. The minimum Gasteiger partial charge on any atom is -0.496 e. The van der Waals surface area contributed by atoms with E-state index in [2.05, 4.69) is 6.07 Å². The van der Waals surface area contributed by atoms with Crippen LogP contribution < -0.4 is 4.74 Å². The van der Waals surface area contributed by atoms with Crippen LogP contribution in [0.5, 0.6) is 5.75 Å². The van der Waals surface area contributed by atoms with E-state index in [1.54, 1.807) is 7.11 Å². The van der Waals surface area contributed by atoms with Gasteiger partial charge in [-0.05, 0) is 42.2 Å². The minimum atomic E-state index is -0.186. The maximum atomic E-state index is 10.4. The van der Waals surface area contributed by atoms with Crippen molar-refractivity contribution in [1.29, 1.82) is 0 Å². The van der Waals surface area contributed by atoms with Crippen molar-refractivity contribution in [2.24, 2.45) is 17.8 Å². The molecule has 98 valence electrons. The Bertz CT molecular complexity index is 403. The van der Waals surface area contributed by atoms with Gasteiger partial charge in [-0.15, -0.1) is 0 Å². The summed E-state index contributed by atoms with van der Waals surface area (Å²) >= 11 is 0. The Labute approximate surface area is 109 Å². The fraction of sp³-hybridized carbons (Fsp3) is 0.625. The van der Waals surface area contributed by atoms with Crippen LogP contribution in [0.1, 0.15) is 31.2 Å². The first-order valence-corrected chi connectivity index (χ1v) is 7.11. The van der Waals surface area contributed by atoms with E-state index < -0.39 is 0 Å². The van der Waals surface area contributed by atoms with Crippen molar-refractivity contribution in [3.05, 3.63) is 29.8 Å². The highest BCUT2D eigenvalue weighted by Gasteiger charge is 2.53.